The number of aliphatic carboxylic acids is 1. The van der Waals surface area contributed by atoms with Gasteiger partial charge >= 0.3 is 5.97 Å². The lowest BCUT2D eigenvalue weighted by Crippen LogP contribution is -1.99. The van der Waals surface area contributed by atoms with Gasteiger partial charge in [0.05, 0.1) is 5.57 Å². The molecule has 0 saturated heterocycles. The second-order valence-electron chi connectivity index (χ2n) is 5.57. The number of hydrogen-bond donors (Lipinski definition) is 1. The van der Waals surface area contributed by atoms with E-state index in [0.717, 1.165) is 16.9 Å². The summed E-state index contributed by atoms with van der Waals surface area (Å²) in [7, 11) is 0. The van der Waals surface area contributed by atoms with Gasteiger partial charge in [0, 0.05) is 0 Å². The fourth-order valence-electron chi connectivity index (χ4n) is 2.45. The van der Waals surface area contributed by atoms with Crippen LogP contribution in [0.4, 0.5) is 0 Å². The topological polar surface area (TPSA) is 46.5 Å². The molecule has 0 fully saturated rings. The van der Waals surface area contributed by atoms with Gasteiger partial charge in [0.1, 0.15) is 12.4 Å². The monoisotopic (exact) mass is 330 g/mol. The molecule has 3 nitrogen and oxygen atoms in total. The summed E-state index contributed by atoms with van der Waals surface area (Å²) >= 11 is 0. The third kappa shape index (κ3) is 4.58. The predicted molar refractivity (Wildman–Crippen MR) is 99.2 cm³/mol. The van der Waals surface area contributed by atoms with Gasteiger partial charge in [-0.1, -0.05) is 72.8 Å². The van der Waals surface area contributed by atoms with Gasteiger partial charge in [-0.05, 0) is 34.9 Å². The summed E-state index contributed by atoms with van der Waals surface area (Å²) in [5.74, 6) is -0.201. The molecule has 0 bridgehead atoms. The van der Waals surface area contributed by atoms with Crippen LogP contribution in [0.3, 0.4) is 0 Å². The summed E-state index contributed by atoms with van der Waals surface area (Å²) in [5, 5.41) is 9.46. The van der Waals surface area contributed by atoms with Crippen LogP contribution >= 0.6 is 0 Å². The molecule has 0 aliphatic rings. The molecule has 0 atom stereocenters. The molecule has 3 heteroatoms. The maximum absolute atomic E-state index is 11.5. The first-order valence-electron chi connectivity index (χ1n) is 7.99. The highest BCUT2D eigenvalue weighted by Crippen LogP contribution is 2.21. The first kappa shape index (κ1) is 16.5. The van der Waals surface area contributed by atoms with Crippen LogP contribution in [0, 0.1) is 0 Å². The molecule has 124 valence electrons. The molecule has 0 radical (unpaired) electrons. The zero-order valence-electron chi connectivity index (χ0n) is 13.6. The molecule has 0 aromatic heterocycles. The molecule has 0 spiro atoms. The van der Waals surface area contributed by atoms with Crippen molar-refractivity contribution in [2.75, 3.05) is 0 Å². The Labute approximate surface area is 146 Å². The van der Waals surface area contributed by atoms with Gasteiger partial charge in [0.25, 0.3) is 0 Å². The van der Waals surface area contributed by atoms with E-state index in [1.165, 1.54) is 0 Å². The lowest BCUT2D eigenvalue weighted by molar-refractivity contribution is -0.130. The Balaban J connectivity index is 1.74. The number of carbonyl (C=O) groups is 1. The third-order valence-corrected chi connectivity index (χ3v) is 3.75. The summed E-state index contributed by atoms with van der Waals surface area (Å²) in [5.41, 5.74) is 2.86. The highest BCUT2D eigenvalue weighted by molar-refractivity contribution is 6.20. The van der Waals surface area contributed by atoms with Crippen molar-refractivity contribution in [3.63, 3.8) is 0 Å². The molecular weight excluding hydrogens is 312 g/mol. The van der Waals surface area contributed by atoms with Crippen LogP contribution < -0.4 is 4.74 Å². The van der Waals surface area contributed by atoms with Gasteiger partial charge in [0.2, 0.25) is 0 Å². The Kier molecular flexibility index (Phi) is 5.27. The Bertz CT molecular complexity index is 851. The minimum Gasteiger partial charge on any atom is -0.489 e. The fourth-order valence-corrected chi connectivity index (χ4v) is 2.45. The van der Waals surface area contributed by atoms with E-state index in [-0.39, 0.29) is 5.57 Å². The van der Waals surface area contributed by atoms with E-state index in [1.807, 2.05) is 72.8 Å². The molecule has 3 rings (SSSR count). The Morgan fingerprint density at radius 1 is 0.840 bits per heavy atom. The van der Waals surface area contributed by atoms with Crippen molar-refractivity contribution in [2.24, 2.45) is 0 Å². The van der Waals surface area contributed by atoms with Crippen LogP contribution in [0.5, 0.6) is 5.75 Å². The molecule has 3 aromatic rings. The third-order valence-electron chi connectivity index (χ3n) is 3.75. The number of rotatable bonds is 6. The average molecular weight is 330 g/mol. The molecule has 0 aliphatic heterocycles. The molecule has 0 unspecified atom stereocenters. The number of hydrogen-bond acceptors (Lipinski definition) is 2. The summed E-state index contributed by atoms with van der Waals surface area (Å²) in [6.07, 6.45) is 1.67. The highest BCUT2D eigenvalue weighted by Gasteiger charge is 2.09. The van der Waals surface area contributed by atoms with Crippen LogP contribution in [0.2, 0.25) is 0 Å². The number of carboxylic acid groups (broad SMARTS) is 1. The highest BCUT2D eigenvalue weighted by atomic mass is 16.5. The summed E-state index contributed by atoms with van der Waals surface area (Å²) in [6.45, 7) is 0.500. The van der Waals surface area contributed by atoms with Crippen LogP contribution in [0.1, 0.15) is 16.7 Å². The molecular formula is C22H18O3. The Morgan fingerprint density at radius 3 is 2.04 bits per heavy atom. The first-order valence-corrected chi connectivity index (χ1v) is 7.99. The number of ether oxygens (including phenoxy) is 1. The average Bonchev–Trinajstić information content (AvgIpc) is 2.66. The van der Waals surface area contributed by atoms with Crippen molar-refractivity contribution in [1.82, 2.24) is 0 Å². The van der Waals surface area contributed by atoms with Crippen LogP contribution in [0.25, 0.3) is 11.6 Å². The standard InChI is InChI=1S/C22H18O3/c23-22(24)21(19-9-5-2-6-10-19)15-17-11-13-20(14-12-17)25-16-18-7-3-1-4-8-18/h1-15H,16H2,(H,23,24). The maximum atomic E-state index is 11.5. The fraction of sp³-hybridized carbons (Fsp3) is 0.0455. The Hall–Kier alpha value is -3.33. The second-order valence-corrected chi connectivity index (χ2v) is 5.57. The lowest BCUT2D eigenvalue weighted by Gasteiger charge is -2.07. The van der Waals surface area contributed by atoms with Crippen LogP contribution in [-0.2, 0) is 11.4 Å². The SMILES string of the molecule is O=C(O)C(=Cc1ccc(OCc2ccccc2)cc1)c1ccccc1. The number of carboxylic acids is 1. The first-order chi connectivity index (χ1) is 12.2. The van der Waals surface area contributed by atoms with Gasteiger partial charge in [-0.15, -0.1) is 0 Å². The van der Waals surface area contributed by atoms with Crippen molar-refractivity contribution in [2.45, 2.75) is 6.61 Å². The quantitative estimate of drug-likeness (QED) is 0.517. The van der Waals surface area contributed by atoms with E-state index < -0.39 is 5.97 Å². The molecule has 0 saturated carbocycles. The zero-order valence-corrected chi connectivity index (χ0v) is 13.6. The van der Waals surface area contributed by atoms with Crippen molar-refractivity contribution in [3.05, 3.63) is 102 Å². The maximum Gasteiger partial charge on any atom is 0.336 e. The minimum atomic E-state index is -0.949. The molecule has 0 aliphatic carbocycles. The largest absolute Gasteiger partial charge is 0.489 e. The van der Waals surface area contributed by atoms with E-state index in [4.69, 9.17) is 4.74 Å². The van der Waals surface area contributed by atoms with Gasteiger partial charge in [0.15, 0.2) is 0 Å². The van der Waals surface area contributed by atoms with Crippen molar-refractivity contribution in [1.29, 1.82) is 0 Å². The zero-order chi connectivity index (χ0) is 17.5. The van der Waals surface area contributed by atoms with Crippen LogP contribution in [0.15, 0.2) is 84.9 Å². The smallest absolute Gasteiger partial charge is 0.336 e. The molecule has 0 amide bonds. The normalized spacial score (nSPS) is 11.1. The van der Waals surface area contributed by atoms with Gasteiger partial charge in [-0.25, -0.2) is 4.79 Å². The van der Waals surface area contributed by atoms with Gasteiger partial charge < -0.3 is 9.84 Å². The van der Waals surface area contributed by atoms with Crippen molar-refractivity contribution < 1.29 is 14.6 Å². The minimum absolute atomic E-state index is 0.263. The summed E-state index contributed by atoms with van der Waals surface area (Å²) in [4.78, 5) is 11.5. The van der Waals surface area contributed by atoms with E-state index in [2.05, 4.69) is 0 Å². The van der Waals surface area contributed by atoms with Crippen molar-refractivity contribution >= 4 is 17.6 Å². The molecule has 1 N–H and O–H groups in total. The van der Waals surface area contributed by atoms with E-state index in [1.54, 1.807) is 18.2 Å². The number of benzene rings is 3. The van der Waals surface area contributed by atoms with Crippen LogP contribution in [-0.4, -0.2) is 11.1 Å². The summed E-state index contributed by atoms with van der Waals surface area (Å²) < 4.78 is 5.75. The van der Waals surface area contributed by atoms with Gasteiger partial charge in [-0.3, -0.25) is 0 Å². The molecule has 3 aromatic carbocycles. The van der Waals surface area contributed by atoms with E-state index in [0.29, 0.717) is 12.2 Å². The Morgan fingerprint density at radius 2 is 1.44 bits per heavy atom. The lowest BCUT2D eigenvalue weighted by atomic mass is 10.0. The predicted octanol–water partition coefficient (Wildman–Crippen LogP) is 4.89. The second kappa shape index (κ2) is 7.97. The van der Waals surface area contributed by atoms with Gasteiger partial charge in [-0.2, -0.15) is 0 Å². The van der Waals surface area contributed by atoms with Crippen molar-refractivity contribution in [3.8, 4) is 5.75 Å². The van der Waals surface area contributed by atoms with E-state index >= 15 is 0 Å². The van der Waals surface area contributed by atoms with E-state index in [9.17, 15) is 9.90 Å². The molecule has 0 heterocycles. The summed E-state index contributed by atoms with van der Waals surface area (Å²) in [6, 6.07) is 26.4. The molecule has 25 heavy (non-hydrogen) atoms.